The normalized spacial score (nSPS) is 11.5. The zero-order valence-electron chi connectivity index (χ0n) is 9.83. The Morgan fingerprint density at radius 2 is 1.82 bits per heavy atom. The van der Waals surface area contributed by atoms with Crippen molar-refractivity contribution < 1.29 is 17.9 Å². The number of carbonyl (C=O) groups excluding carboxylic acids is 1. The molecule has 7 heteroatoms. The van der Waals surface area contributed by atoms with Gasteiger partial charge in [0.1, 0.15) is 10.5 Å². The molecule has 17 heavy (non-hydrogen) atoms. The number of halogens is 1. The third-order valence-electron chi connectivity index (χ3n) is 2.45. The molecular formula is C10H14ClNO4S. The van der Waals surface area contributed by atoms with Crippen LogP contribution in [0.1, 0.15) is 35.6 Å². The molecule has 0 radical (unpaired) electrons. The Morgan fingerprint density at radius 1 is 1.29 bits per heavy atom. The Hall–Kier alpha value is -1.01. The fourth-order valence-corrected chi connectivity index (χ4v) is 3.14. The van der Waals surface area contributed by atoms with Crippen molar-refractivity contribution in [2.45, 2.75) is 31.6 Å². The van der Waals surface area contributed by atoms with Gasteiger partial charge in [-0.2, -0.15) is 0 Å². The van der Waals surface area contributed by atoms with Gasteiger partial charge >= 0.3 is 5.97 Å². The van der Waals surface area contributed by atoms with Gasteiger partial charge in [-0.25, -0.2) is 13.2 Å². The molecule has 0 saturated carbocycles. The number of H-pyrrole nitrogens is 1. The average Bonchev–Trinajstić information content (AvgIpc) is 2.66. The molecule has 1 heterocycles. The summed E-state index contributed by atoms with van der Waals surface area (Å²) in [5, 5.41) is 0. The molecule has 0 fully saturated rings. The molecule has 1 rings (SSSR count). The van der Waals surface area contributed by atoms with Crippen molar-refractivity contribution >= 4 is 25.7 Å². The molecule has 0 aliphatic rings. The smallest absolute Gasteiger partial charge is 0.341 e. The lowest BCUT2D eigenvalue weighted by molar-refractivity contribution is 0.0595. The summed E-state index contributed by atoms with van der Waals surface area (Å²) in [7, 11) is 2.58. The number of carbonyl (C=O) groups is 1. The largest absolute Gasteiger partial charge is 0.465 e. The summed E-state index contributed by atoms with van der Waals surface area (Å²) >= 11 is 0. The third-order valence-corrected chi connectivity index (χ3v) is 3.85. The molecule has 5 nitrogen and oxygen atoms in total. The minimum Gasteiger partial charge on any atom is -0.465 e. The fraction of sp³-hybridized carbons (Fsp3) is 0.500. The highest BCUT2D eigenvalue weighted by Crippen LogP contribution is 2.28. The highest BCUT2D eigenvalue weighted by Gasteiger charge is 2.29. The molecule has 0 bridgehead atoms. The number of nitrogens with one attached hydrogen (secondary N) is 1. The number of hydrogen-bond acceptors (Lipinski definition) is 4. The van der Waals surface area contributed by atoms with Crippen LogP contribution in [0.5, 0.6) is 0 Å². The van der Waals surface area contributed by atoms with Crippen LogP contribution in [0.4, 0.5) is 0 Å². The van der Waals surface area contributed by atoms with Gasteiger partial charge in [0, 0.05) is 22.1 Å². The van der Waals surface area contributed by atoms with E-state index in [1.807, 2.05) is 6.92 Å². The lowest BCUT2D eigenvalue weighted by atomic mass is 10.2. The molecule has 0 aromatic carbocycles. The molecule has 1 aromatic rings. The van der Waals surface area contributed by atoms with E-state index in [9.17, 15) is 13.2 Å². The number of aromatic amines is 1. The van der Waals surface area contributed by atoms with E-state index in [2.05, 4.69) is 9.72 Å². The van der Waals surface area contributed by atoms with Crippen LogP contribution in [-0.2, 0) is 26.6 Å². The first-order chi connectivity index (χ1) is 7.86. The number of aromatic nitrogens is 1. The van der Waals surface area contributed by atoms with Gasteiger partial charge < -0.3 is 9.72 Å². The van der Waals surface area contributed by atoms with Crippen molar-refractivity contribution in [3.8, 4) is 0 Å². The van der Waals surface area contributed by atoms with Gasteiger partial charge in [-0.1, -0.05) is 13.8 Å². The van der Waals surface area contributed by atoms with Gasteiger partial charge in [0.15, 0.2) is 0 Å². The van der Waals surface area contributed by atoms with E-state index < -0.39 is 15.0 Å². The van der Waals surface area contributed by atoms with Gasteiger partial charge in [0.05, 0.1) is 7.11 Å². The van der Waals surface area contributed by atoms with Crippen LogP contribution in [0.15, 0.2) is 4.90 Å². The molecule has 0 amide bonds. The average molecular weight is 280 g/mol. The van der Waals surface area contributed by atoms with Crippen molar-refractivity contribution in [1.82, 2.24) is 4.98 Å². The van der Waals surface area contributed by atoms with Gasteiger partial charge in [0.2, 0.25) is 0 Å². The monoisotopic (exact) mass is 279 g/mol. The second-order valence-corrected chi connectivity index (χ2v) is 5.93. The molecule has 1 aromatic heterocycles. The molecule has 0 atom stereocenters. The van der Waals surface area contributed by atoms with Crippen LogP contribution < -0.4 is 0 Å². The van der Waals surface area contributed by atoms with Crippen molar-refractivity contribution in [2.24, 2.45) is 0 Å². The first kappa shape index (κ1) is 14.1. The van der Waals surface area contributed by atoms with E-state index >= 15 is 0 Å². The van der Waals surface area contributed by atoms with Crippen molar-refractivity contribution in [3.63, 3.8) is 0 Å². The lowest BCUT2D eigenvalue weighted by Gasteiger charge is -2.02. The molecule has 0 saturated heterocycles. The number of esters is 1. The quantitative estimate of drug-likeness (QED) is 0.674. The van der Waals surface area contributed by atoms with Crippen molar-refractivity contribution in [1.29, 1.82) is 0 Å². The highest BCUT2D eigenvalue weighted by atomic mass is 35.7. The third kappa shape index (κ3) is 2.63. The maximum atomic E-state index is 11.6. The van der Waals surface area contributed by atoms with Crippen LogP contribution in [0.2, 0.25) is 0 Å². The number of rotatable bonds is 4. The van der Waals surface area contributed by atoms with E-state index in [0.717, 1.165) is 0 Å². The molecule has 1 N–H and O–H groups in total. The van der Waals surface area contributed by atoms with Gasteiger partial charge in [-0.05, 0) is 12.8 Å². The van der Waals surface area contributed by atoms with Crippen molar-refractivity contribution in [2.75, 3.05) is 7.11 Å². The van der Waals surface area contributed by atoms with E-state index in [1.165, 1.54) is 7.11 Å². The van der Waals surface area contributed by atoms with Crippen LogP contribution in [-0.4, -0.2) is 26.5 Å². The Bertz CT molecular complexity index is 533. The lowest BCUT2D eigenvalue weighted by Crippen LogP contribution is -2.08. The van der Waals surface area contributed by atoms with Crippen LogP contribution in [0.3, 0.4) is 0 Å². The minimum absolute atomic E-state index is 0.0156. The summed E-state index contributed by atoms with van der Waals surface area (Å²) in [5.74, 6) is -0.697. The van der Waals surface area contributed by atoms with E-state index in [-0.39, 0.29) is 10.5 Å². The van der Waals surface area contributed by atoms with Crippen LogP contribution in [0, 0.1) is 0 Å². The second-order valence-electron chi connectivity index (χ2n) is 3.42. The summed E-state index contributed by atoms with van der Waals surface area (Å²) in [6, 6.07) is 0. The zero-order valence-corrected chi connectivity index (χ0v) is 11.4. The first-order valence-electron chi connectivity index (χ1n) is 5.13. The minimum atomic E-state index is -3.98. The molecule has 0 aliphatic carbocycles. The summed E-state index contributed by atoms with van der Waals surface area (Å²) in [6.45, 7) is 3.58. The molecular weight excluding hydrogens is 266 g/mol. The topological polar surface area (TPSA) is 76.2 Å². The number of hydrogen-bond donors (Lipinski definition) is 1. The predicted molar refractivity (Wildman–Crippen MR) is 63.9 cm³/mol. The Labute approximate surface area is 105 Å². The zero-order chi connectivity index (χ0) is 13.2. The number of methoxy groups -OCH3 is 1. The highest BCUT2D eigenvalue weighted by molar-refractivity contribution is 8.13. The van der Waals surface area contributed by atoms with Crippen molar-refractivity contribution in [3.05, 3.63) is 17.0 Å². The fourth-order valence-electron chi connectivity index (χ4n) is 1.69. The summed E-state index contributed by atoms with van der Waals surface area (Å²) in [4.78, 5) is 14.4. The molecule has 0 aliphatic heterocycles. The molecule has 0 spiro atoms. The van der Waals surface area contributed by atoms with Crippen LogP contribution in [0.25, 0.3) is 0 Å². The van der Waals surface area contributed by atoms with E-state index in [1.54, 1.807) is 6.92 Å². The first-order valence-corrected chi connectivity index (χ1v) is 7.44. The number of aryl methyl sites for hydroxylation is 2. The summed E-state index contributed by atoms with van der Waals surface area (Å²) in [6.07, 6.45) is 0.926. The standard InChI is InChI=1S/C10H14ClNO4S/c1-4-6-8(10(13)16-3)9(17(11,14)15)7(5-2)12-6/h12H,4-5H2,1-3H3. The van der Waals surface area contributed by atoms with Gasteiger partial charge in [0.25, 0.3) is 9.05 Å². The van der Waals surface area contributed by atoms with E-state index in [4.69, 9.17) is 10.7 Å². The van der Waals surface area contributed by atoms with E-state index in [0.29, 0.717) is 24.2 Å². The van der Waals surface area contributed by atoms with Crippen LogP contribution >= 0.6 is 10.7 Å². The Kier molecular flexibility index (Phi) is 4.21. The maximum Gasteiger partial charge on any atom is 0.341 e. The van der Waals surface area contributed by atoms with Gasteiger partial charge in [-0.15, -0.1) is 0 Å². The Balaban J connectivity index is 3.64. The molecule has 0 unspecified atom stereocenters. The number of ether oxygens (including phenoxy) is 1. The summed E-state index contributed by atoms with van der Waals surface area (Å²) < 4.78 is 27.6. The SMILES string of the molecule is CCc1[nH]c(CC)c(S(=O)(=O)Cl)c1C(=O)OC. The molecule has 96 valence electrons. The second kappa shape index (κ2) is 5.10. The summed E-state index contributed by atoms with van der Waals surface area (Å²) in [5.41, 5.74) is 0.965. The van der Waals surface area contributed by atoms with Gasteiger partial charge in [-0.3, -0.25) is 0 Å². The Morgan fingerprint density at radius 3 is 2.18 bits per heavy atom. The maximum absolute atomic E-state index is 11.6. The predicted octanol–water partition coefficient (Wildman–Crippen LogP) is 1.85.